The maximum atomic E-state index is 9.17. The Hall–Kier alpha value is -0.0800. The zero-order valence-corrected chi connectivity index (χ0v) is 7.51. The Morgan fingerprint density at radius 1 is 1.36 bits per heavy atom. The Morgan fingerprint density at radius 2 is 1.82 bits per heavy atom. The summed E-state index contributed by atoms with van der Waals surface area (Å²) in [6, 6.07) is 0. The monoisotopic (exact) mass is 157 g/mol. The van der Waals surface area contributed by atoms with Gasteiger partial charge in [-0.1, -0.05) is 20.3 Å². The van der Waals surface area contributed by atoms with Gasteiger partial charge in [-0.05, 0) is 24.7 Å². The second kappa shape index (κ2) is 3.11. The van der Waals surface area contributed by atoms with Gasteiger partial charge in [0.05, 0.1) is 6.61 Å². The standard InChI is InChI=1S/C9H19NO/c1-7-4-3-5-8(2)9(7,10)6-11/h7-8,11H,3-6,10H2,1-2H3. The lowest BCUT2D eigenvalue weighted by molar-refractivity contribution is 0.0635. The molecule has 0 aromatic carbocycles. The van der Waals surface area contributed by atoms with Crippen molar-refractivity contribution in [2.75, 3.05) is 6.61 Å². The number of aliphatic hydroxyl groups excluding tert-OH is 1. The first kappa shape index (κ1) is 9.01. The molecule has 0 radical (unpaired) electrons. The van der Waals surface area contributed by atoms with Crippen LogP contribution in [0.4, 0.5) is 0 Å². The van der Waals surface area contributed by atoms with Crippen molar-refractivity contribution in [2.24, 2.45) is 17.6 Å². The molecule has 0 amide bonds. The Balaban J connectivity index is 2.69. The predicted octanol–water partition coefficient (Wildman–Crippen LogP) is 1.13. The SMILES string of the molecule is CC1CCCC(C)C1(N)CO. The molecule has 0 bridgehead atoms. The first-order valence-corrected chi connectivity index (χ1v) is 4.51. The fourth-order valence-electron chi connectivity index (χ4n) is 2.07. The summed E-state index contributed by atoms with van der Waals surface area (Å²) in [4.78, 5) is 0. The molecule has 0 heterocycles. The van der Waals surface area contributed by atoms with E-state index in [9.17, 15) is 0 Å². The molecule has 11 heavy (non-hydrogen) atoms. The summed E-state index contributed by atoms with van der Waals surface area (Å²) in [5.74, 6) is 0.937. The van der Waals surface area contributed by atoms with Crippen LogP contribution in [0.3, 0.4) is 0 Å². The van der Waals surface area contributed by atoms with Gasteiger partial charge in [-0.15, -0.1) is 0 Å². The quantitative estimate of drug-likeness (QED) is 0.599. The molecule has 1 aliphatic rings. The number of rotatable bonds is 1. The summed E-state index contributed by atoms with van der Waals surface area (Å²) >= 11 is 0. The van der Waals surface area contributed by atoms with Crippen molar-refractivity contribution in [3.8, 4) is 0 Å². The van der Waals surface area contributed by atoms with Crippen molar-refractivity contribution in [3.05, 3.63) is 0 Å². The fourth-order valence-corrected chi connectivity index (χ4v) is 2.07. The summed E-state index contributed by atoms with van der Waals surface area (Å²) in [7, 11) is 0. The van der Waals surface area contributed by atoms with Crippen LogP contribution >= 0.6 is 0 Å². The van der Waals surface area contributed by atoms with Crippen molar-refractivity contribution < 1.29 is 5.11 Å². The molecule has 1 saturated carbocycles. The summed E-state index contributed by atoms with van der Waals surface area (Å²) in [5.41, 5.74) is 5.79. The van der Waals surface area contributed by atoms with E-state index in [1.54, 1.807) is 0 Å². The number of aliphatic hydroxyl groups is 1. The van der Waals surface area contributed by atoms with Crippen molar-refractivity contribution in [2.45, 2.75) is 38.6 Å². The normalized spacial score (nSPS) is 45.8. The fraction of sp³-hybridized carbons (Fsp3) is 1.00. The van der Waals surface area contributed by atoms with Crippen LogP contribution in [0.5, 0.6) is 0 Å². The lowest BCUT2D eigenvalue weighted by Crippen LogP contribution is -2.56. The lowest BCUT2D eigenvalue weighted by atomic mass is 9.68. The molecule has 0 saturated heterocycles. The second-order valence-corrected chi connectivity index (χ2v) is 4.00. The minimum Gasteiger partial charge on any atom is -0.394 e. The van der Waals surface area contributed by atoms with Gasteiger partial charge in [0.25, 0.3) is 0 Å². The summed E-state index contributed by atoms with van der Waals surface area (Å²) in [6.07, 6.45) is 3.60. The topological polar surface area (TPSA) is 46.2 Å². The molecule has 2 nitrogen and oxygen atoms in total. The number of hydrogen-bond donors (Lipinski definition) is 2. The Kier molecular flexibility index (Phi) is 2.55. The Morgan fingerprint density at radius 3 is 2.09 bits per heavy atom. The van der Waals surface area contributed by atoms with Crippen molar-refractivity contribution in [3.63, 3.8) is 0 Å². The molecule has 0 spiro atoms. The highest BCUT2D eigenvalue weighted by Gasteiger charge is 2.39. The van der Waals surface area contributed by atoms with Crippen LogP contribution in [0, 0.1) is 11.8 Å². The van der Waals surface area contributed by atoms with E-state index in [1.165, 1.54) is 19.3 Å². The van der Waals surface area contributed by atoms with Crippen LogP contribution in [0.15, 0.2) is 0 Å². The molecule has 0 aromatic heterocycles. The van der Waals surface area contributed by atoms with Crippen LogP contribution in [0.25, 0.3) is 0 Å². The number of nitrogens with two attached hydrogens (primary N) is 1. The molecule has 1 fully saturated rings. The molecule has 3 N–H and O–H groups in total. The van der Waals surface area contributed by atoms with E-state index in [0.717, 1.165) is 0 Å². The largest absolute Gasteiger partial charge is 0.394 e. The van der Waals surface area contributed by atoms with Crippen LogP contribution in [-0.4, -0.2) is 17.3 Å². The van der Waals surface area contributed by atoms with Crippen LogP contribution in [-0.2, 0) is 0 Å². The Labute approximate surface area is 68.8 Å². The second-order valence-electron chi connectivity index (χ2n) is 4.00. The molecule has 2 atom stereocenters. The molecule has 0 aromatic rings. The van der Waals surface area contributed by atoms with Crippen LogP contribution in [0.2, 0.25) is 0 Å². The zero-order valence-electron chi connectivity index (χ0n) is 7.51. The van der Waals surface area contributed by atoms with Gasteiger partial charge in [0.15, 0.2) is 0 Å². The van der Waals surface area contributed by atoms with Gasteiger partial charge >= 0.3 is 0 Å². The minimum absolute atomic E-state index is 0.134. The molecule has 1 rings (SSSR count). The third-order valence-electron chi connectivity index (χ3n) is 3.38. The molecular formula is C9H19NO. The maximum absolute atomic E-state index is 9.17. The molecule has 2 unspecified atom stereocenters. The molecule has 66 valence electrons. The summed E-state index contributed by atoms with van der Waals surface area (Å²) in [5, 5.41) is 9.17. The first-order valence-electron chi connectivity index (χ1n) is 4.51. The third-order valence-corrected chi connectivity index (χ3v) is 3.38. The van der Waals surface area contributed by atoms with E-state index in [-0.39, 0.29) is 12.1 Å². The van der Waals surface area contributed by atoms with E-state index < -0.39 is 0 Å². The third kappa shape index (κ3) is 1.42. The van der Waals surface area contributed by atoms with Crippen LogP contribution in [0.1, 0.15) is 33.1 Å². The average molecular weight is 157 g/mol. The van der Waals surface area contributed by atoms with E-state index in [4.69, 9.17) is 10.8 Å². The van der Waals surface area contributed by atoms with Gasteiger partial charge in [-0.25, -0.2) is 0 Å². The highest BCUT2D eigenvalue weighted by atomic mass is 16.3. The number of hydrogen-bond acceptors (Lipinski definition) is 2. The lowest BCUT2D eigenvalue weighted by Gasteiger charge is -2.43. The average Bonchev–Trinajstić information content (AvgIpc) is 2.00. The van der Waals surface area contributed by atoms with Gasteiger partial charge < -0.3 is 10.8 Å². The van der Waals surface area contributed by atoms with Gasteiger partial charge in [0, 0.05) is 5.54 Å². The first-order chi connectivity index (χ1) is 5.11. The van der Waals surface area contributed by atoms with Gasteiger partial charge in [-0.3, -0.25) is 0 Å². The van der Waals surface area contributed by atoms with Gasteiger partial charge in [0.1, 0.15) is 0 Å². The summed E-state index contributed by atoms with van der Waals surface area (Å²) in [6.45, 7) is 4.42. The van der Waals surface area contributed by atoms with Crippen molar-refractivity contribution in [1.29, 1.82) is 0 Å². The van der Waals surface area contributed by atoms with Gasteiger partial charge in [-0.2, -0.15) is 0 Å². The summed E-state index contributed by atoms with van der Waals surface area (Å²) < 4.78 is 0. The highest BCUT2D eigenvalue weighted by Crippen LogP contribution is 2.35. The Bertz CT molecular complexity index is 126. The molecule has 2 heteroatoms. The molecular weight excluding hydrogens is 138 g/mol. The minimum atomic E-state index is -0.307. The van der Waals surface area contributed by atoms with E-state index in [2.05, 4.69) is 13.8 Å². The van der Waals surface area contributed by atoms with Crippen LogP contribution < -0.4 is 5.73 Å². The predicted molar refractivity (Wildman–Crippen MR) is 46.2 cm³/mol. The van der Waals surface area contributed by atoms with E-state index in [0.29, 0.717) is 11.8 Å². The van der Waals surface area contributed by atoms with E-state index >= 15 is 0 Å². The zero-order chi connectivity index (χ0) is 8.48. The molecule has 1 aliphatic carbocycles. The van der Waals surface area contributed by atoms with Crippen molar-refractivity contribution >= 4 is 0 Å². The highest BCUT2D eigenvalue weighted by molar-refractivity contribution is 4.96. The van der Waals surface area contributed by atoms with Crippen molar-refractivity contribution in [1.82, 2.24) is 0 Å². The maximum Gasteiger partial charge on any atom is 0.0616 e. The van der Waals surface area contributed by atoms with E-state index in [1.807, 2.05) is 0 Å². The smallest absolute Gasteiger partial charge is 0.0616 e. The van der Waals surface area contributed by atoms with Gasteiger partial charge in [0.2, 0.25) is 0 Å². The molecule has 0 aliphatic heterocycles.